The highest BCUT2D eigenvalue weighted by atomic mass is 19.1. The fraction of sp³-hybridized carbons (Fsp3) is 0.200. The first kappa shape index (κ1) is 20.8. The van der Waals surface area contributed by atoms with Gasteiger partial charge in [0, 0.05) is 31.3 Å². The fourth-order valence-electron chi connectivity index (χ4n) is 2.39. The predicted molar refractivity (Wildman–Crippen MR) is 101 cm³/mol. The van der Waals surface area contributed by atoms with Crippen LogP contribution < -0.4 is 0 Å². The first-order valence-electron chi connectivity index (χ1n) is 8.41. The summed E-state index contributed by atoms with van der Waals surface area (Å²) in [5.41, 5.74) is 1.29. The SMILES string of the molecule is COC(=O)CCN(Cc1ccc(F)cc1)C(=O)/C=C/c1ccc([N+](=O)[O-])cc1. The zero-order valence-corrected chi connectivity index (χ0v) is 15.2. The second-order valence-corrected chi connectivity index (χ2v) is 5.89. The molecule has 0 radical (unpaired) electrons. The summed E-state index contributed by atoms with van der Waals surface area (Å²) in [6, 6.07) is 11.5. The lowest BCUT2D eigenvalue weighted by Gasteiger charge is -2.21. The molecule has 146 valence electrons. The van der Waals surface area contributed by atoms with E-state index >= 15 is 0 Å². The molecule has 0 aliphatic rings. The van der Waals surface area contributed by atoms with Gasteiger partial charge in [0.15, 0.2) is 0 Å². The molecule has 0 saturated carbocycles. The van der Waals surface area contributed by atoms with Crippen molar-refractivity contribution in [3.63, 3.8) is 0 Å². The van der Waals surface area contributed by atoms with E-state index < -0.39 is 10.9 Å². The minimum Gasteiger partial charge on any atom is -0.469 e. The van der Waals surface area contributed by atoms with E-state index in [0.717, 1.165) is 0 Å². The van der Waals surface area contributed by atoms with Crippen LogP contribution in [-0.2, 0) is 20.9 Å². The Labute approximate surface area is 161 Å². The average molecular weight is 386 g/mol. The average Bonchev–Trinajstić information content (AvgIpc) is 2.70. The van der Waals surface area contributed by atoms with Gasteiger partial charge >= 0.3 is 5.97 Å². The third kappa shape index (κ3) is 6.31. The summed E-state index contributed by atoms with van der Waals surface area (Å²) in [6.45, 7) is 0.328. The highest BCUT2D eigenvalue weighted by Crippen LogP contribution is 2.14. The van der Waals surface area contributed by atoms with Crippen molar-refractivity contribution in [3.8, 4) is 0 Å². The summed E-state index contributed by atoms with van der Waals surface area (Å²) in [4.78, 5) is 35.6. The summed E-state index contributed by atoms with van der Waals surface area (Å²) in [7, 11) is 1.27. The monoisotopic (exact) mass is 386 g/mol. The Hall–Kier alpha value is -3.55. The molecule has 2 rings (SSSR count). The summed E-state index contributed by atoms with van der Waals surface area (Å²) in [6.07, 6.45) is 2.87. The lowest BCUT2D eigenvalue weighted by molar-refractivity contribution is -0.384. The Morgan fingerprint density at radius 2 is 1.79 bits per heavy atom. The van der Waals surface area contributed by atoms with Gasteiger partial charge in [0.05, 0.1) is 18.5 Å². The number of amides is 1. The first-order chi connectivity index (χ1) is 13.4. The van der Waals surface area contributed by atoms with Crippen molar-refractivity contribution >= 4 is 23.6 Å². The third-order valence-corrected chi connectivity index (χ3v) is 3.93. The van der Waals surface area contributed by atoms with Gasteiger partial charge in [0.2, 0.25) is 5.91 Å². The van der Waals surface area contributed by atoms with Gasteiger partial charge in [-0.2, -0.15) is 0 Å². The van der Waals surface area contributed by atoms with Gasteiger partial charge in [-0.05, 0) is 41.5 Å². The lowest BCUT2D eigenvalue weighted by Crippen LogP contribution is -2.31. The second-order valence-electron chi connectivity index (χ2n) is 5.89. The van der Waals surface area contributed by atoms with E-state index in [0.29, 0.717) is 11.1 Å². The van der Waals surface area contributed by atoms with Gasteiger partial charge in [-0.25, -0.2) is 4.39 Å². The summed E-state index contributed by atoms with van der Waals surface area (Å²) in [5.74, 6) is -1.18. The Morgan fingerprint density at radius 1 is 1.14 bits per heavy atom. The number of carbonyl (C=O) groups excluding carboxylic acids is 2. The topological polar surface area (TPSA) is 89.8 Å². The number of hydrogen-bond donors (Lipinski definition) is 0. The van der Waals surface area contributed by atoms with Crippen molar-refractivity contribution in [1.29, 1.82) is 0 Å². The Kier molecular flexibility index (Phi) is 7.38. The van der Waals surface area contributed by atoms with Crippen LogP contribution in [0.2, 0.25) is 0 Å². The Balaban J connectivity index is 2.10. The van der Waals surface area contributed by atoms with E-state index in [1.54, 1.807) is 12.1 Å². The molecule has 0 heterocycles. The molecule has 0 aromatic heterocycles. The van der Waals surface area contributed by atoms with E-state index in [9.17, 15) is 24.1 Å². The molecule has 0 spiro atoms. The van der Waals surface area contributed by atoms with Crippen LogP contribution in [0.15, 0.2) is 54.6 Å². The molecule has 0 unspecified atom stereocenters. The molecule has 7 nitrogen and oxygen atoms in total. The van der Waals surface area contributed by atoms with Crippen LogP contribution in [0, 0.1) is 15.9 Å². The third-order valence-electron chi connectivity index (χ3n) is 3.93. The molecule has 0 atom stereocenters. The molecular formula is C20H19FN2O5. The number of methoxy groups -OCH3 is 1. The standard InChI is InChI=1S/C20H19FN2O5/c1-28-20(25)12-13-22(14-16-2-7-17(21)8-3-16)19(24)11-6-15-4-9-18(10-5-15)23(26)27/h2-11H,12-14H2,1H3/b11-6+. The van der Waals surface area contributed by atoms with Crippen molar-refractivity contribution in [3.05, 3.63) is 81.7 Å². The number of nitro benzene ring substituents is 1. The van der Waals surface area contributed by atoms with Crippen molar-refractivity contribution in [2.24, 2.45) is 0 Å². The van der Waals surface area contributed by atoms with Crippen LogP contribution in [0.4, 0.5) is 10.1 Å². The second kappa shape index (κ2) is 9.96. The summed E-state index contributed by atoms with van der Waals surface area (Å²) >= 11 is 0. The molecule has 0 fully saturated rings. The molecule has 0 bridgehead atoms. The maximum atomic E-state index is 13.1. The number of halogens is 1. The fourth-order valence-corrected chi connectivity index (χ4v) is 2.39. The maximum absolute atomic E-state index is 13.1. The normalized spacial score (nSPS) is 10.6. The van der Waals surface area contributed by atoms with E-state index in [2.05, 4.69) is 4.74 Å². The van der Waals surface area contributed by atoms with Crippen molar-refractivity contribution in [2.45, 2.75) is 13.0 Å². The lowest BCUT2D eigenvalue weighted by atomic mass is 10.1. The minimum atomic E-state index is -0.504. The van der Waals surface area contributed by atoms with Gasteiger partial charge < -0.3 is 9.64 Å². The molecule has 2 aromatic rings. The van der Waals surface area contributed by atoms with Gasteiger partial charge in [-0.15, -0.1) is 0 Å². The van der Waals surface area contributed by atoms with Gasteiger partial charge in [0.1, 0.15) is 5.82 Å². The van der Waals surface area contributed by atoms with Crippen molar-refractivity contribution < 1.29 is 23.6 Å². The molecule has 2 aromatic carbocycles. The van der Waals surface area contributed by atoms with Gasteiger partial charge in [-0.1, -0.05) is 12.1 Å². The maximum Gasteiger partial charge on any atom is 0.307 e. The summed E-state index contributed by atoms with van der Waals surface area (Å²) < 4.78 is 17.7. The zero-order valence-electron chi connectivity index (χ0n) is 15.2. The largest absolute Gasteiger partial charge is 0.469 e. The zero-order chi connectivity index (χ0) is 20.5. The number of esters is 1. The van der Waals surface area contributed by atoms with E-state index in [1.807, 2.05) is 0 Å². The Morgan fingerprint density at radius 3 is 2.36 bits per heavy atom. The van der Waals surface area contributed by atoms with E-state index in [1.165, 1.54) is 60.6 Å². The first-order valence-corrected chi connectivity index (χ1v) is 8.41. The number of carbonyl (C=O) groups is 2. The van der Waals surface area contributed by atoms with Crippen LogP contribution in [0.5, 0.6) is 0 Å². The highest BCUT2D eigenvalue weighted by Gasteiger charge is 2.14. The number of non-ortho nitro benzene ring substituents is 1. The van der Waals surface area contributed by atoms with Gasteiger partial charge in [0.25, 0.3) is 5.69 Å². The Bertz CT molecular complexity index is 863. The number of benzene rings is 2. The molecule has 0 N–H and O–H groups in total. The number of nitro groups is 1. The molecular weight excluding hydrogens is 367 g/mol. The van der Waals surface area contributed by atoms with Gasteiger partial charge in [-0.3, -0.25) is 19.7 Å². The quantitative estimate of drug-likeness (QED) is 0.300. The highest BCUT2D eigenvalue weighted by molar-refractivity contribution is 5.92. The molecule has 0 aliphatic heterocycles. The van der Waals surface area contributed by atoms with Crippen LogP contribution in [0.3, 0.4) is 0 Å². The number of rotatable bonds is 8. The molecule has 0 aliphatic carbocycles. The molecule has 28 heavy (non-hydrogen) atoms. The number of ether oxygens (including phenoxy) is 1. The predicted octanol–water partition coefficient (Wildman–Crippen LogP) is 3.34. The van der Waals surface area contributed by atoms with Crippen molar-refractivity contribution in [1.82, 2.24) is 4.90 Å². The van der Waals surface area contributed by atoms with E-state index in [4.69, 9.17) is 0 Å². The summed E-state index contributed by atoms with van der Waals surface area (Å²) in [5, 5.41) is 10.7. The van der Waals surface area contributed by atoms with Crippen LogP contribution in [-0.4, -0.2) is 35.4 Å². The smallest absolute Gasteiger partial charge is 0.307 e. The molecule has 1 amide bonds. The molecule has 0 saturated heterocycles. The van der Waals surface area contributed by atoms with Crippen LogP contribution in [0.1, 0.15) is 17.5 Å². The van der Waals surface area contributed by atoms with Crippen molar-refractivity contribution in [2.75, 3.05) is 13.7 Å². The minimum absolute atomic E-state index is 0.0226. The van der Waals surface area contributed by atoms with Crippen LogP contribution in [0.25, 0.3) is 6.08 Å². The van der Waals surface area contributed by atoms with Crippen LogP contribution >= 0.6 is 0 Å². The van der Waals surface area contributed by atoms with E-state index in [-0.39, 0.29) is 36.9 Å². The number of nitrogens with zero attached hydrogens (tertiary/aromatic N) is 2. The molecule has 8 heteroatoms. The number of hydrogen-bond acceptors (Lipinski definition) is 5.